The summed E-state index contributed by atoms with van der Waals surface area (Å²) in [6, 6.07) is 22.6. The van der Waals surface area contributed by atoms with Crippen LogP contribution in [0, 0.1) is 11.7 Å². The Morgan fingerprint density at radius 1 is 1.00 bits per heavy atom. The molecule has 5 rings (SSSR count). The SMILES string of the molecule is CCOC(=O)[C@H]1C(=O)N(CCc2ccccc2)c2nc3ccccc3n2[C@H]1c1ccc(F)cc1. The molecule has 0 N–H and O–H groups in total. The molecule has 2 atom stereocenters. The molecule has 0 aliphatic carbocycles. The number of imidazole rings is 1. The Bertz CT molecular complexity index is 1330. The van der Waals surface area contributed by atoms with Crippen LogP contribution in [-0.4, -0.2) is 34.6 Å². The number of rotatable bonds is 6. The van der Waals surface area contributed by atoms with Gasteiger partial charge in [-0.1, -0.05) is 54.6 Å². The van der Waals surface area contributed by atoms with Crippen LogP contribution in [-0.2, 0) is 20.7 Å². The summed E-state index contributed by atoms with van der Waals surface area (Å²) in [5, 5.41) is 0. The number of carbonyl (C=O) groups is 2. The molecule has 6 nitrogen and oxygen atoms in total. The molecule has 172 valence electrons. The van der Waals surface area contributed by atoms with Crippen molar-refractivity contribution in [2.24, 2.45) is 5.92 Å². The topological polar surface area (TPSA) is 64.4 Å². The van der Waals surface area contributed by atoms with Gasteiger partial charge in [0, 0.05) is 6.54 Å². The van der Waals surface area contributed by atoms with E-state index in [2.05, 4.69) is 0 Å². The molecule has 0 radical (unpaired) electrons. The maximum Gasteiger partial charge on any atom is 0.321 e. The van der Waals surface area contributed by atoms with Crippen LogP contribution in [0.3, 0.4) is 0 Å². The van der Waals surface area contributed by atoms with Crippen molar-refractivity contribution in [2.45, 2.75) is 19.4 Å². The molecular weight excluding hydrogens is 433 g/mol. The first kappa shape index (κ1) is 21.8. The highest BCUT2D eigenvalue weighted by molar-refractivity contribution is 6.08. The Morgan fingerprint density at radius 3 is 2.44 bits per heavy atom. The summed E-state index contributed by atoms with van der Waals surface area (Å²) in [5.74, 6) is -2.01. The lowest BCUT2D eigenvalue weighted by Crippen LogP contribution is -2.50. The Morgan fingerprint density at radius 2 is 1.71 bits per heavy atom. The standard InChI is InChI=1S/C27H24FN3O3/c1-2-34-26(33)23-24(19-12-14-20(28)15-13-19)31-22-11-7-6-10-21(22)29-27(31)30(25(23)32)17-16-18-8-4-3-5-9-18/h3-15,23-24H,2,16-17H2,1H3/t23-,24+/m1/s1. The minimum Gasteiger partial charge on any atom is -0.465 e. The molecule has 0 unspecified atom stereocenters. The first-order valence-corrected chi connectivity index (χ1v) is 11.3. The van der Waals surface area contributed by atoms with Gasteiger partial charge in [0.1, 0.15) is 5.82 Å². The van der Waals surface area contributed by atoms with E-state index < -0.39 is 23.7 Å². The average molecular weight is 458 g/mol. The van der Waals surface area contributed by atoms with E-state index in [0.29, 0.717) is 30.0 Å². The highest BCUT2D eigenvalue weighted by Gasteiger charge is 2.47. The van der Waals surface area contributed by atoms with Gasteiger partial charge in [0.15, 0.2) is 5.92 Å². The Hall–Kier alpha value is -4.00. The first-order chi connectivity index (χ1) is 16.6. The van der Waals surface area contributed by atoms with Gasteiger partial charge in [-0.3, -0.25) is 14.5 Å². The van der Waals surface area contributed by atoms with Crippen molar-refractivity contribution in [1.29, 1.82) is 0 Å². The predicted molar refractivity (Wildman–Crippen MR) is 127 cm³/mol. The summed E-state index contributed by atoms with van der Waals surface area (Å²) in [5.41, 5.74) is 3.22. The summed E-state index contributed by atoms with van der Waals surface area (Å²) in [7, 11) is 0. The highest BCUT2D eigenvalue weighted by atomic mass is 19.1. The molecule has 3 aromatic carbocycles. The van der Waals surface area contributed by atoms with Crippen LogP contribution in [0.4, 0.5) is 10.3 Å². The van der Waals surface area contributed by atoms with Gasteiger partial charge in [-0.15, -0.1) is 0 Å². The van der Waals surface area contributed by atoms with Gasteiger partial charge in [0.25, 0.3) is 0 Å². The summed E-state index contributed by atoms with van der Waals surface area (Å²) >= 11 is 0. The number of carbonyl (C=O) groups excluding carboxylic acids is 2. The highest BCUT2D eigenvalue weighted by Crippen LogP contribution is 2.41. The van der Waals surface area contributed by atoms with Crippen LogP contribution < -0.4 is 4.90 Å². The molecule has 1 amide bonds. The van der Waals surface area contributed by atoms with Crippen LogP contribution >= 0.6 is 0 Å². The van der Waals surface area contributed by atoms with Crippen LogP contribution in [0.25, 0.3) is 11.0 Å². The van der Waals surface area contributed by atoms with E-state index in [4.69, 9.17) is 9.72 Å². The zero-order chi connectivity index (χ0) is 23.7. The van der Waals surface area contributed by atoms with E-state index in [1.165, 1.54) is 12.1 Å². The summed E-state index contributed by atoms with van der Waals surface area (Å²) in [6.07, 6.45) is 0.604. The lowest BCUT2D eigenvalue weighted by Gasteiger charge is -2.38. The minimum atomic E-state index is -1.12. The second-order valence-corrected chi connectivity index (χ2v) is 8.22. The Balaban J connectivity index is 1.68. The molecule has 0 spiro atoms. The number of amides is 1. The maximum atomic E-state index is 13.9. The third-order valence-electron chi connectivity index (χ3n) is 6.16. The number of benzene rings is 3. The zero-order valence-corrected chi connectivity index (χ0v) is 18.7. The van der Waals surface area contributed by atoms with Crippen molar-refractivity contribution in [3.05, 3.63) is 95.8 Å². The van der Waals surface area contributed by atoms with Crippen molar-refractivity contribution in [2.75, 3.05) is 18.1 Å². The largest absolute Gasteiger partial charge is 0.465 e. The number of ether oxygens (including phenoxy) is 1. The predicted octanol–water partition coefficient (Wildman–Crippen LogP) is 4.53. The number of esters is 1. The second-order valence-electron chi connectivity index (χ2n) is 8.22. The van der Waals surface area contributed by atoms with Crippen molar-refractivity contribution >= 4 is 28.9 Å². The number of hydrogen-bond donors (Lipinski definition) is 0. The van der Waals surface area contributed by atoms with Gasteiger partial charge in [0.2, 0.25) is 11.9 Å². The molecule has 4 aromatic rings. The number of para-hydroxylation sites is 2. The van der Waals surface area contributed by atoms with Crippen molar-refractivity contribution in [3.8, 4) is 0 Å². The van der Waals surface area contributed by atoms with Crippen LogP contribution in [0.1, 0.15) is 24.1 Å². The molecule has 2 heterocycles. The quantitative estimate of drug-likeness (QED) is 0.315. The molecule has 1 aromatic heterocycles. The lowest BCUT2D eigenvalue weighted by atomic mass is 9.89. The fourth-order valence-corrected chi connectivity index (χ4v) is 4.61. The van der Waals surface area contributed by atoms with Crippen LogP contribution in [0.5, 0.6) is 0 Å². The van der Waals surface area contributed by atoms with Gasteiger partial charge in [-0.25, -0.2) is 9.37 Å². The Labute approximate surface area is 196 Å². The summed E-state index contributed by atoms with van der Waals surface area (Å²) in [4.78, 5) is 33.4. The number of anilines is 1. The normalized spacial score (nSPS) is 17.6. The monoisotopic (exact) mass is 457 g/mol. The summed E-state index contributed by atoms with van der Waals surface area (Å²) in [6.45, 7) is 2.22. The van der Waals surface area contributed by atoms with Gasteiger partial charge < -0.3 is 9.30 Å². The fraction of sp³-hybridized carbons (Fsp3) is 0.222. The van der Waals surface area contributed by atoms with Crippen LogP contribution in [0.2, 0.25) is 0 Å². The molecule has 1 aliphatic heterocycles. The molecule has 34 heavy (non-hydrogen) atoms. The van der Waals surface area contributed by atoms with Crippen molar-refractivity contribution < 1.29 is 18.7 Å². The van der Waals surface area contributed by atoms with Gasteiger partial charge in [0.05, 0.1) is 23.7 Å². The smallest absolute Gasteiger partial charge is 0.321 e. The van der Waals surface area contributed by atoms with E-state index in [9.17, 15) is 14.0 Å². The molecule has 1 aliphatic rings. The molecule has 0 bridgehead atoms. The Kier molecular flexibility index (Phi) is 5.84. The van der Waals surface area contributed by atoms with Crippen molar-refractivity contribution in [1.82, 2.24) is 9.55 Å². The number of nitrogens with zero attached hydrogens (tertiary/aromatic N) is 3. The average Bonchev–Trinajstić information content (AvgIpc) is 3.23. The lowest BCUT2D eigenvalue weighted by molar-refractivity contribution is -0.153. The maximum absolute atomic E-state index is 13.9. The number of fused-ring (bicyclic) bond motifs is 3. The molecule has 7 heteroatoms. The minimum absolute atomic E-state index is 0.153. The zero-order valence-electron chi connectivity index (χ0n) is 18.7. The number of hydrogen-bond acceptors (Lipinski definition) is 4. The first-order valence-electron chi connectivity index (χ1n) is 11.3. The van der Waals surface area contributed by atoms with E-state index in [1.807, 2.05) is 59.2 Å². The van der Waals surface area contributed by atoms with Crippen molar-refractivity contribution in [3.63, 3.8) is 0 Å². The van der Waals surface area contributed by atoms with E-state index >= 15 is 0 Å². The summed E-state index contributed by atoms with van der Waals surface area (Å²) < 4.78 is 21.0. The van der Waals surface area contributed by atoms with Gasteiger partial charge >= 0.3 is 5.97 Å². The molecular formula is C27H24FN3O3. The van der Waals surface area contributed by atoms with Gasteiger partial charge in [-0.05, 0) is 48.7 Å². The fourth-order valence-electron chi connectivity index (χ4n) is 4.61. The number of halogens is 1. The third-order valence-corrected chi connectivity index (χ3v) is 6.16. The van der Waals surface area contributed by atoms with E-state index in [-0.39, 0.29) is 12.5 Å². The van der Waals surface area contributed by atoms with E-state index in [1.54, 1.807) is 24.0 Å². The molecule has 0 saturated carbocycles. The second kappa shape index (κ2) is 9.09. The molecule has 0 saturated heterocycles. The number of aromatic nitrogens is 2. The van der Waals surface area contributed by atoms with E-state index in [0.717, 1.165) is 11.1 Å². The van der Waals surface area contributed by atoms with Crippen LogP contribution in [0.15, 0.2) is 78.9 Å². The third kappa shape index (κ3) is 3.83. The molecule has 0 fully saturated rings. The van der Waals surface area contributed by atoms with Gasteiger partial charge in [-0.2, -0.15) is 0 Å².